The van der Waals surface area contributed by atoms with Crippen LogP contribution in [0, 0.1) is 11.8 Å². The number of carbonyl (C=O) groups excluding carboxylic acids is 2. The molecule has 36 heavy (non-hydrogen) atoms. The molecule has 10 nitrogen and oxygen atoms in total. The fraction of sp³-hybridized carbons (Fsp3) is 0.542. The van der Waals surface area contributed by atoms with Gasteiger partial charge < -0.3 is 20.2 Å². The van der Waals surface area contributed by atoms with Crippen LogP contribution in [0.15, 0.2) is 40.9 Å². The summed E-state index contributed by atoms with van der Waals surface area (Å²) in [6.45, 7) is 4.08. The van der Waals surface area contributed by atoms with E-state index in [1.807, 2.05) is 6.92 Å². The van der Waals surface area contributed by atoms with Crippen molar-refractivity contribution in [3.05, 3.63) is 46.5 Å². The van der Waals surface area contributed by atoms with Crippen molar-refractivity contribution >= 4 is 39.6 Å². The molecule has 3 aliphatic rings. The predicted octanol–water partition coefficient (Wildman–Crippen LogP) is 0.819. The lowest BCUT2D eigenvalue weighted by Crippen LogP contribution is -2.66. The van der Waals surface area contributed by atoms with Gasteiger partial charge in [0.25, 0.3) is 0 Å². The first-order valence-electron chi connectivity index (χ1n) is 11.9. The molecule has 0 aliphatic carbocycles. The molecule has 1 aromatic rings. The fourth-order valence-corrected chi connectivity index (χ4v) is 8.27. The Morgan fingerprint density at radius 2 is 1.94 bits per heavy atom. The number of rotatable bonds is 9. The molecule has 3 heterocycles. The first-order valence-corrected chi connectivity index (χ1v) is 14.4. The summed E-state index contributed by atoms with van der Waals surface area (Å²) < 4.78 is 28.1. The van der Waals surface area contributed by atoms with Crippen molar-refractivity contribution in [3.63, 3.8) is 0 Å². The van der Waals surface area contributed by atoms with Crippen LogP contribution in [-0.4, -0.2) is 85.1 Å². The molecule has 3 N–H and O–H groups in total. The number of amides is 2. The fourth-order valence-electron chi connectivity index (χ4n) is 5.36. The molecule has 1 unspecified atom stereocenters. The number of likely N-dealkylation sites (N-methyl/N-ethyl adjacent to an activating group) is 1. The van der Waals surface area contributed by atoms with Gasteiger partial charge in [0.2, 0.25) is 21.8 Å². The van der Waals surface area contributed by atoms with E-state index in [1.54, 1.807) is 51.4 Å². The third-order valence-electron chi connectivity index (χ3n) is 7.02. The molecule has 6 atom stereocenters. The number of aliphatic carboxylic acids is 1. The zero-order valence-corrected chi connectivity index (χ0v) is 22.3. The summed E-state index contributed by atoms with van der Waals surface area (Å²) >= 11 is 1.40. The van der Waals surface area contributed by atoms with E-state index in [1.165, 1.54) is 21.6 Å². The van der Waals surface area contributed by atoms with E-state index in [2.05, 4.69) is 10.0 Å². The second-order valence-corrected chi connectivity index (χ2v) is 12.9. The molecule has 0 bridgehead atoms. The van der Waals surface area contributed by atoms with E-state index in [0.717, 1.165) is 0 Å². The third-order valence-corrected chi connectivity index (χ3v) is 9.97. The van der Waals surface area contributed by atoms with Gasteiger partial charge in [-0.1, -0.05) is 37.3 Å². The van der Waals surface area contributed by atoms with E-state index in [4.69, 9.17) is 0 Å². The minimum Gasteiger partial charge on any atom is -0.477 e. The van der Waals surface area contributed by atoms with Gasteiger partial charge in [-0.25, -0.2) is 17.9 Å². The molecular weight excluding hydrogens is 504 g/mol. The van der Waals surface area contributed by atoms with E-state index in [0.29, 0.717) is 23.4 Å². The maximum Gasteiger partial charge on any atom is 0.353 e. The minimum absolute atomic E-state index is 0.0141. The van der Waals surface area contributed by atoms with E-state index in [9.17, 15) is 27.9 Å². The number of benzene rings is 1. The molecule has 0 spiro atoms. The molecule has 0 aromatic heterocycles. The second kappa shape index (κ2) is 10.2. The van der Waals surface area contributed by atoms with Crippen molar-refractivity contribution in [1.29, 1.82) is 0 Å². The van der Waals surface area contributed by atoms with Gasteiger partial charge in [-0.3, -0.25) is 9.59 Å². The smallest absolute Gasteiger partial charge is 0.353 e. The first kappa shape index (κ1) is 26.6. The van der Waals surface area contributed by atoms with Crippen molar-refractivity contribution in [2.45, 2.75) is 49.4 Å². The van der Waals surface area contributed by atoms with Gasteiger partial charge in [-0.2, -0.15) is 0 Å². The van der Waals surface area contributed by atoms with Gasteiger partial charge >= 0.3 is 5.97 Å². The number of hydrogen-bond donors (Lipinski definition) is 3. The number of β-lactam (4-membered cyclic amide) rings is 1. The van der Waals surface area contributed by atoms with Gasteiger partial charge in [-0.05, 0) is 18.9 Å². The lowest BCUT2D eigenvalue weighted by atomic mass is 9.78. The Labute approximate surface area is 215 Å². The first-order chi connectivity index (χ1) is 16.9. The zero-order valence-electron chi connectivity index (χ0n) is 20.7. The summed E-state index contributed by atoms with van der Waals surface area (Å²) in [6.07, 6.45) is 0.558. The molecular formula is C24H32N4O6S2. The normalized spacial score (nSPS) is 28.6. The second-order valence-electron chi connectivity index (χ2n) is 9.85. The highest BCUT2D eigenvalue weighted by atomic mass is 32.2. The maximum atomic E-state index is 13.1. The topological polar surface area (TPSA) is 136 Å². The molecule has 0 radical (unpaired) electrons. The number of nitrogens with zero attached hydrogens (tertiary/aromatic N) is 2. The van der Waals surface area contributed by atoms with Crippen LogP contribution in [0.4, 0.5) is 0 Å². The van der Waals surface area contributed by atoms with Crippen molar-refractivity contribution in [2.75, 3.05) is 20.6 Å². The van der Waals surface area contributed by atoms with Crippen molar-refractivity contribution in [1.82, 2.24) is 19.8 Å². The molecule has 196 valence electrons. The predicted molar refractivity (Wildman–Crippen MR) is 136 cm³/mol. The lowest BCUT2D eigenvalue weighted by molar-refractivity contribution is -0.157. The van der Waals surface area contributed by atoms with Crippen molar-refractivity contribution in [2.24, 2.45) is 11.8 Å². The highest BCUT2D eigenvalue weighted by Crippen LogP contribution is 2.51. The molecule has 3 aliphatic heterocycles. The van der Waals surface area contributed by atoms with Crippen LogP contribution in [0.25, 0.3) is 0 Å². The summed E-state index contributed by atoms with van der Waals surface area (Å²) in [5, 5.41) is 13.1. The number of thioether (sulfide) groups is 1. The Kier molecular flexibility index (Phi) is 7.52. The van der Waals surface area contributed by atoms with Crippen LogP contribution in [0.1, 0.15) is 25.8 Å². The minimum atomic E-state index is -3.71. The summed E-state index contributed by atoms with van der Waals surface area (Å²) in [7, 11) is -0.318. The molecule has 1 aromatic carbocycles. The molecule has 2 amide bonds. The summed E-state index contributed by atoms with van der Waals surface area (Å²) in [6, 6.07) is 7.32. The SMILES string of the molecule is CC(NS(=O)(=O)Cc1ccccc1)[C@H]1C(=O)N2C(C(=O)O)=C(S[C@@H]3CN[C@H](C(=O)N(C)C)C3)[C@H](C)[C@H]12. The van der Waals surface area contributed by atoms with Gasteiger partial charge in [0, 0.05) is 42.8 Å². The molecule has 12 heteroatoms. The number of carboxylic acid groups (broad SMARTS) is 1. The summed E-state index contributed by atoms with van der Waals surface area (Å²) in [5.41, 5.74) is 0.609. The average molecular weight is 537 g/mol. The number of nitrogens with one attached hydrogen (secondary N) is 2. The number of fused-ring (bicyclic) bond motifs is 1. The van der Waals surface area contributed by atoms with Crippen LogP contribution < -0.4 is 10.0 Å². The average Bonchev–Trinajstić information content (AvgIpc) is 3.35. The monoisotopic (exact) mass is 536 g/mol. The van der Waals surface area contributed by atoms with Crippen LogP contribution in [0.3, 0.4) is 0 Å². The van der Waals surface area contributed by atoms with Gasteiger partial charge in [0.05, 0.1) is 23.8 Å². The Hall–Kier alpha value is -2.41. The Morgan fingerprint density at radius 1 is 1.28 bits per heavy atom. The number of carboxylic acids is 1. The molecule has 0 saturated carbocycles. The van der Waals surface area contributed by atoms with Gasteiger partial charge in [0.1, 0.15) is 5.70 Å². The standard InChI is InChI=1S/C24H32N4O6S2/c1-13-19-18(14(2)26-36(33,34)12-15-8-6-5-7-9-15)23(30)28(19)20(24(31)32)21(13)35-16-10-17(25-11-16)22(29)27(3)4/h5-9,13-14,16-19,25-26H,10-12H2,1-4H3,(H,31,32)/t13-,14?,16+,17+,18-,19-/m1/s1. The zero-order chi connectivity index (χ0) is 26.4. The van der Waals surface area contributed by atoms with Gasteiger partial charge in [-0.15, -0.1) is 11.8 Å². The van der Waals surface area contributed by atoms with Gasteiger partial charge in [0.15, 0.2) is 0 Å². The lowest BCUT2D eigenvalue weighted by Gasteiger charge is -2.47. The van der Waals surface area contributed by atoms with Crippen LogP contribution in [-0.2, 0) is 30.2 Å². The molecule has 2 fully saturated rings. The van der Waals surface area contributed by atoms with E-state index >= 15 is 0 Å². The largest absolute Gasteiger partial charge is 0.477 e. The highest BCUT2D eigenvalue weighted by molar-refractivity contribution is 8.03. The Balaban J connectivity index is 1.47. The third kappa shape index (κ3) is 5.04. The highest BCUT2D eigenvalue weighted by Gasteiger charge is 2.60. The van der Waals surface area contributed by atoms with Crippen molar-refractivity contribution < 1.29 is 27.9 Å². The summed E-state index contributed by atoms with van der Waals surface area (Å²) in [4.78, 5) is 41.0. The number of carbonyl (C=O) groups is 3. The quantitative estimate of drug-likeness (QED) is 0.395. The van der Waals surface area contributed by atoms with Crippen LogP contribution in [0.2, 0.25) is 0 Å². The summed E-state index contributed by atoms with van der Waals surface area (Å²) in [5.74, 6) is -2.73. The Bertz CT molecular complexity index is 1190. The van der Waals surface area contributed by atoms with Crippen LogP contribution in [0.5, 0.6) is 0 Å². The number of hydrogen-bond acceptors (Lipinski definition) is 7. The number of sulfonamides is 1. The molecule has 2 saturated heterocycles. The van der Waals surface area contributed by atoms with E-state index < -0.39 is 34.0 Å². The Morgan fingerprint density at radius 3 is 2.56 bits per heavy atom. The maximum absolute atomic E-state index is 13.1. The van der Waals surface area contributed by atoms with Crippen LogP contribution >= 0.6 is 11.8 Å². The van der Waals surface area contributed by atoms with E-state index in [-0.39, 0.29) is 40.5 Å². The molecule has 4 rings (SSSR count). The van der Waals surface area contributed by atoms with Crippen molar-refractivity contribution in [3.8, 4) is 0 Å².